The van der Waals surface area contributed by atoms with E-state index in [-0.39, 0.29) is 11.6 Å². The predicted octanol–water partition coefficient (Wildman–Crippen LogP) is 3.54. The summed E-state index contributed by atoms with van der Waals surface area (Å²) >= 11 is 3.39. The Bertz CT molecular complexity index is 643. The number of halogens is 2. The Morgan fingerprint density at radius 2 is 1.95 bits per heavy atom. The molecule has 3 N–H and O–H groups in total. The Morgan fingerprint density at radius 1 is 1.29 bits per heavy atom. The number of amides is 1. The fraction of sp³-hybridized carbons (Fsp3) is 0.188. The lowest BCUT2D eigenvalue weighted by atomic mass is 10.1. The average molecular weight is 351 g/mol. The molecule has 0 aliphatic rings. The first-order valence-corrected chi connectivity index (χ1v) is 7.33. The van der Waals surface area contributed by atoms with Crippen molar-refractivity contribution in [1.82, 2.24) is 5.32 Å². The van der Waals surface area contributed by atoms with Gasteiger partial charge in [-0.05, 0) is 36.8 Å². The number of benzene rings is 2. The molecule has 3 nitrogen and oxygen atoms in total. The number of primary amides is 1. The van der Waals surface area contributed by atoms with Crippen molar-refractivity contribution in [2.24, 2.45) is 5.73 Å². The topological polar surface area (TPSA) is 55.1 Å². The molecule has 0 spiro atoms. The van der Waals surface area contributed by atoms with Crippen LogP contribution in [0.2, 0.25) is 0 Å². The zero-order valence-electron chi connectivity index (χ0n) is 11.6. The van der Waals surface area contributed by atoms with Gasteiger partial charge in [-0.1, -0.05) is 34.1 Å². The highest BCUT2D eigenvalue weighted by atomic mass is 79.9. The van der Waals surface area contributed by atoms with Crippen molar-refractivity contribution in [3.63, 3.8) is 0 Å². The standard InChI is InChI=1S/C16H16BrFN2O/c1-10(11-4-6-14(17)7-5-11)20-9-13-3-2-12(16(19)21)8-15(13)18/h2-8,10,20H,9H2,1H3,(H2,19,21). The summed E-state index contributed by atoms with van der Waals surface area (Å²) in [7, 11) is 0. The fourth-order valence-corrected chi connectivity index (χ4v) is 2.24. The highest BCUT2D eigenvalue weighted by Gasteiger charge is 2.09. The van der Waals surface area contributed by atoms with Crippen LogP contribution in [-0.2, 0) is 6.54 Å². The molecule has 0 aliphatic heterocycles. The van der Waals surface area contributed by atoms with Crippen molar-refractivity contribution < 1.29 is 9.18 Å². The first-order valence-electron chi connectivity index (χ1n) is 6.54. The maximum absolute atomic E-state index is 13.9. The number of carbonyl (C=O) groups is 1. The summed E-state index contributed by atoms with van der Waals surface area (Å²) in [5.41, 5.74) is 6.92. The zero-order chi connectivity index (χ0) is 15.4. The van der Waals surface area contributed by atoms with Gasteiger partial charge < -0.3 is 11.1 Å². The van der Waals surface area contributed by atoms with Gasteiger partial charge in [-0.3, -0.25) is 4.79 Å². The van der Waals surface area contributed by atoms with E-state index >= 15 is 0 Å². The largest absolute Gasteiger partial charge is 0.366 e. The van der Waals surface area contributed by atoms with Gasteiger partial charge in [0.2, 0.25) is 5.91 Å². The van der Waals surface area contributed by atoms with Crippen molar-refractivity contribution in [3.05, 3.63) is 69.4 Å². The number of nitrogens with two attached hydrogens (primary N) is 1. The van der Waals surface area contributed by atoms with E-state index in [9.17, 15) is 9.18 Å². The molecule has 0 aromatic heterocycles. The third-order valence-electron chi connectivity index (χ3n) is 3.31. The van der Waals surface area contributed by atoms with Gasteiger partial charge in [0.05, 0.1) is 0 Å². The van der Waals surface area contributed by atoms with E-state index < -0.39 is 11.7 Å². The van der Waals surface area contributed by atoms with E-state index in [0.29, 0.717) is 12.1 Å². The molecule has 0 fully saturated rings. The molecule has 0 saturated carbocycles. The van der Waals surface area contributed by atoms with Gasteiger partial charge in [0, 0.05) is 28.2 Å². The third kappa shape index (κ3) is 4.12. The molecule has 0 saturated heterocycles. The molecular weight excluding hydrogens is 335 g/mol. The lowest BCUT2D eigenvalue weighted by Gasteiger charge is -2.15. The van der Waals surface area contributed by atoms with Gasteiger partial charge in [-0.25, -0.2) is 4.39 Å². The molecule has 110 valence electrons. The van der Waals surface area contributed by atoms with E-state index in [2.05, 4.69) is 21.2 Å². The predicted molar refractivity (Wildman–Crippen MR) is 84.3 cm³/mol. The monoisotopic (exact) mass is 350 g/mol. The number of rotatable bonds is 5. The molecule has 0 bridgehead atoms. The first-order chi connectivity index (χ1) is 9.97. The summed E-state index contributed by atoms with van der Waals surface area (Å²) < 4.78 is 14.9. The molecule has 2 rings (SSSR count). The Kier molecular flexibility index (Phi) is 5.09. The van der Waals surface area contributed by atoms with Crippen LogP contribution >= 0.6 is 15.9 Å². The van der Waals surface area contributed by atoms with E-state index in [1.54, 1.807) is 6.07 Å². The molecule has 0 aliphatic carbocycles. The lowest BCUT2D eigenvalue weighted by molar-refractivity contribution is 0.1000. The molecule has 2 aromatic carbocycles. The molecule has 1 unspecified atom stereocenters. The molecule has 0 radical (unpaired) electrons. The summed E-state index contributed by atoms with van der Waals surface area (Å²) in [4.78, 5) is 11.0. The van der Waals surface area contributed by atoms with E-state index in [1.165, 1.54) is 12.1 Å². The molecule has 1 atom stereocenters. The summed E-state index contributed by atoms with van der Waals surface area (Å²) in [5, 5.41) is 3.25. The quantitative estimate of drug-likeness (QED) is 0.866. The van der Waals surface area contributed by atoms with Crippen LogP contribution < -0.4 is 11.1 Å². The van der Waals surface area contributed by atoms with Crippen LogP contribution in [0.15, 0.2) is 46.9 Å². The first kappa shape index (κ1) is 15.7. The summed E-state index contributed by atoms with van der Waals surface area (Å²) in [6.07, 6.45) is 0. The van der Waals surface area contributed by atoms with Crippen LogP contribution in [0.5, 0.6) is 0 Å². The maximum atomic E-state index is 13.9. The van der Waals surface area contributed by atoms with E-state index in [4.69, 9.17) is 5.73 Å². The second-order valence-corrected chi connectivity index (χ2v) is 5.74. The number of hydrogen-bond donors (Lipinski definition) is 2. The molecule has 0 heterocycles. The van der Waals surface area contributed by atoms with Crippen LogP contribution in [0.3, 0.4) is 0 Å². The van der Waals surface area contributed by atoms with Gasteiger partial charge in [0.25, 0.3) is 0 Å². The van der Waals surface area contributed by atoms with Crippen LogP contribution in [0.25, 0.3) is 0 Å². The van der Waals surface area contributed by atoms with Gasteiger partial charge in [0.1, 0.15) is 5.82 Å². The third-order valence-corrected chi connectivity index (χ3v) is 3.83. The van der Waals surface area contributed by atoms with Crippen LogP contribution in [0.1, 0.15) is 34.5 Å². The normalized spacial score (nSPS) is 12.1. The highest BCUT2D eigenvalue weighted by molar-refractivity contribution is 9.10. The number of carbonyl (C=O) groups excluding carboxylic acids is 1. The SMILES string of the molecule is CC(NCc1ccc(C(N)=O)cc1F)c1ccc(Br)cc1. The van der Waals surface area contributed by atoms with Crippen molar-refractivity contribution in [2.75, 3.05) is 0 Å². The van der Waals surface area contributed by atoms with Crippen LogP contribution in [-0.4, -0.2) is 5.91 Å². The summed E-state index contributed by atoms with van der Waals surface area (Å²) in [6, 6.07) is 12.3. The smallest absolute Gasteiger partial charge is 0.248 e. The molecule has 1 amide bonds. The Labute approximate surface area is 131 Å². The fourth-order valence-electron chi connectivity index (χ4n) is 1.98. The Morgan fingerprint density at radius 3 is 2.52 bits per heavy atom. The van der Waals surface area contributed by atoms with Gasteiger partial charge in [-0.2, -0.15) is 0 Å². The number of nitrogens with one attached hydrogen (secondary N) is 1. The molecular formula is C16H16BrFN2O. The minimum absolute atomic E-state index is 0.0910. The van der Waals surface area contributed by atoms with E-state index in [0.717, 1.165) is 10.0 Å². The van der Waals surface area contributed by atoms with Crippen LogP contribution in [0.4, 0.5) is 4.39 Å². The van der Waals surface area contributed by atoms with Gasteiger partial charge in [-0.15, -0.1) is 0 Å². The zero-order valence-corrected chi connectivity index (χ0v) is 13.2. The van der Waals surface area contributed by atoms with Gasteiger partial charge in [0.15, 0.2) is 0 Å². The average Bonchev–Trinajstić information content (AvgIpc) is 2.46. The number of hydrogen-bond acceptors (Lipinski definition) is 2. The second kappa shape index (κ2) is 6.83. The van der Waals surface area contributed by atoms with Gasteiger partial charge >= 0.3 is 0 Å². The Hall–Kier alpha value is -1.72. The van der Waals surface area contributed by atoms with Crippen molar-refractivity contribution in [1.29, 1.82) is 0 Å². The molecule has 21 heavy (non-hydrogen) atoms. The summed E-state index contributed by atoms with van der Waals surface area (Å²) in [5.74, 6) is -1.06. The van der Waals surface area contributed by atoms with Crippen molar-refractivity contribution in [2.45, 2.75) is 19.5 Å². The summed E-state index contributed by atoms with van der Waals surface area (Å²) in [6.45, 7) is 2.39. The second-order valence-electron chi connectivity index (χ2n) is 4.82. The lowest BCUT2D eigenvalue weighted by Crippen LogP contribution is -2.19. The Balaban J connectivity index is 2.02. The van der Waals surface area contributed by atoms with E-state index in [1.807, 2.05) is 31.2 Å². The maximum Gasteiger partial charge on any atom is 0.248 e. The van der Waals surface area contributed by atoms with Crippen LogP contribution in [0, 0.1) is 5.82 Å². The van der Waals surface area contributed by atoms with Crippen molar-refractivity contribution in [3.8, 4) is 0 Å². The van der Waals surface area contributed by atoms with Crippen molar-refractivity contribution >= 4 is 21.8 Å². The molecule has 2 aromatic rings. The highest BCUT2D eigenvalue weighted by Crippen LogP contribution is 2.18. The minimum atomic E-state index is -0.628. The molecule has 5 heteroatoms. The minimum Gasteiger partial charge on any atom is -0.366 e.